The molecule has 0 aliphatic heterocycles. The van der Waals surface area contributed by atoms with E-state index in [1.165, 1.54) is 21.1 Å². The third kappa shape index (κ3) is 2.86. The van der Waals surface area contributed by atoms with Crippen LogP contribution in [0.25, 0.3) is 0 Å². The second kappa shape index (κ2) is 6.22. The molecule has 1 aromatic rings. The van der Waals surface area contributed by atoms with E-state index >= 15 is 0 Å². The van der Waals surface area contributed by atoms with Crippen molar-refractivity contribution in [3.8, 4) is 11.5 Å². The number of methoxy groups -OCH3 is 2. The van der Waals surface area contributed by atoms with Crippen LogP contribution in [0.1, 0.15) is 19.4 Å². The van der Waals surface area contributed by atoms with Crippen molar-refractivity contribution >= 4 is 12.3 Å². The number of aldehydes is 1. The zero-order chi connectivity index (χ0) is 14.5. The van der Waals surface area contributed by atoms with E-state index in [1.807, 2.05) is 0 Å². The van der Waals surface area contributed by atoms with Crippen LogP contribution in [-0.4, -0.2) is 33.1 Å². The highest BCUT2D eigenvalue weighted by Crippen LogP contribution is 2.33. The van der Waals surface area contributed by atoms with Gasteiger partial charge in [-0.2, -0.15) is 0 Å². The predicted molar refractivity (Wildman–Crippen MR) is 69.6 cm³/mol. The van der Waals surface area contributed by atoms with Crippen LogP contribution in [0.5, 0.6) is 11.5 Å². The van der Waals surface area contributed by atoms with Crippen LogP contribution in [0, 0.1) is 0 Å². The molecule has 0 spiro atoms. The lowest BCUT2D eigenvalue weighted by molar-refractivity contribution is -0.150. The number of esters is 1. The second-order valence-corrected chi connectivity index (χ2v) is 4.11. The Morgan fingerprint density at radius 1 is 1.26 bits per heavy atom. The van der Waals surface area contributed by atoms with Crippen LogP contribution in [0.2, 0.25) is 0 Å². The molecule has 0 bridgehead atoms. The van der Waals surface area contributed by atoms with Gasteiger partial charge >= 0.3 is 5.97 Å². The third-order valence-corrected chi connectivity index (χ3v) is 2.92. The largest absolute Gasteiger partial charge is 0.493 e. The molecule has 1 rings (SSSR count). The first-order valence-electron chi connectivity index (χ1n) is 5.89. The van der Waals surface area contributed by atoms with Crippen LogP contribution in [0.15, 0.2) is 18.2 Å². The van der Waals surface area contributed by atoms with Crippen LogP contribution in [0.4, 0.5) is 0 Å². The Bertz CT molecular complexity index is 469. The van der Waals surface area contributed by atoms with Gasteiger partial charge in [0, 0.05) is 0 Å². The number of carbonyl (C=O) groups is 2. The first kappa shape index (κ1) is 15.0. The summed E-state index contributed by atoms with van der Waals surface area (Å²) in [6, 6.07) is 4.89. The summed E-state index contributed by atoms with van der Waals surface area (Å²) in [5.74, 6) is 0.401. The van der Waals surface area contributed by atoms with Crippen molar-refractivity contribution in [3.63, 3.8) is 0 Å². The summed E-state index contributed by atoms with van der Waals surface area (Å²) in [5.41, 5.74) is -0.853. The van der Waals surface area contributed by atoms with E-state index < -0.39 is 11.4 Å². The summed E-state index contributed by atoms with van der Waals surface area (Å²) in [4.78, 5) is 23.2. The number of hydrogen-bond donors (Lipinski definition) is 0. The Morgan fingerprint density at radius 3 is 2.37 bits per heavy atom. The highest BCUT2D eigenvalue weighted by molar-refractivity contribution is 5.99. The summed E-state index contributed by atoms with van der Waals surface area (Å²) >= 11 is 0. The number of ether oxygens (including phenoxy) is 3. The summed E-state index contributed by atoms with van der Waals surface area (Å²) < 4.78 is 15.2. The molecule has 5 heteroatoms. The van der Waals surface area contributed by atoms with Crippen LogP contribution >= 0.6 is 0 Å². The Hall–Kier alpha value is -2.04. The zero-order valence-electron chi connectivity index (χ0n) is 11.6. The molecule has 0 aliphatic carbocycles. The SMILES string of the molecule is CCOC(=O)C(C)(C=O)c1ccc(OC)c(OC)c1. The van der Waals surface area contributed by atoms with E-state index in [0.29, 0.717) is 23.3 Å². The average molecular weight is 266 g/mol. The molecule has 104 valence electrons. The fraction of sp³-hybridized carbons (Fsp3) is 0.429. The molecule has 0 amide bonds. The van der Waals surface area contributed by atoms with E-state index in [4.69, 9.17) is 14.2 Å². The average Bonchev–Trinajstić information content (AvgIpc) is 2.45. The van der Waals surface area contributed by atoms with Gasteiger partial charge in [-0.15, -0.1) is 0 Å². The number of carbonyl (C=O) groups excluding carboxylic acids is 2. The minimum atomic E-state index is -1.35. The predicted octanol–water partition coefficient (Wildman–Crippen LogP) is 1.72. The number of rotatable bonds is 6. The Morgan fingerprint density at radius 2 is 1.89 bits per heavy atom. The van der Waals surface area contributed by atoms with E-state index in [-0.39, 0.29) is 6.61 Å². The molecule has 0 heterocycles. The first-order chi connectivity index (χ1) is 9.03. The van der Waals surface area contributed by atoms with Gasteiger partial charge in [-0.1, -0.05) is 6.07 Å². The normalized spacial score (nSPS) is 13.3. The molecule has 0 N–H and O–H groups in total. The molecule has 0 aromatic heterocycles. The topological polar surface area (TPSA) is 61.8 Å². The minimum Gasteiger partial charge on any atom is -0.493 e. The van der Waals surface area contributed by atoms with Gasteiger partial charge in [0.1, 0.15) is 11.7 Å². The van der Waals surface area contributed by atoms with Gasteiger partial charge in [0.05, 0.1) is 20.8 Å². The molecular weight excluding hydrogens is 248 g/mol. The van der Waals surface area contributed by atoms with Crippen LogP contribution in [-0.2, 0) is 19.7 Å². The molecule has 0 aliphatic rings. The van der Waals surface area contributed by atoms with Crippen molar-refractivity contribution in [1.82, 2.24) is 0 Å². The summed E-state index contributed by atoms with van der Waals surface area (Å²) in [5, 5.41) is 0. The number of hydrogen-bond acceptors (Lipinski definition) is 5. The molecule has 1 aromatic carbocycles. The van der Waals surface area contributed by atoms with Gasteiger partial charge in [-0.05, 0) is 31.5 Å². The van der Waals surface area contributed by atoms with E-state index in [1.54, 1.807) is 25.1 Å². The third-order valence-electron chi connectivity index (χ3n) is 2.92. The lowest BCUT2D eigenvalue weighted by atomic mass is 9.84. The second-order valence-electron chi connectivity index (χ2n) is 4.11. The van der Waals surface area contributed by atoms with Gasteiger partial charge in [0.2, 0.25) is 0 Å². The highest BCUT2D eigenvalue weighted by atomic mass is 16.5. The highest BCUT2D eigenvalue weighted by Gasteiger charge is 2.37. The van der Waals surface area contributed by atoms with Crippen molar-refractivity contribution in [2.45, 2.75) is 19.3 Å². The summed E-state index contributed by atoms with van der Waals surface area (Å²) in [6.07, 6.45) is 0.576. The maximum atomic E-state index is 11.9. The fourth-order valence-corrected chi connectivity index (χ4v) is 1.67. The van der Waals surface area contributed by atoms with E-state index in [2.05, 4.69) is 0 Å². The smallest absolute Gasteiger partial charge is 0.323 e. The molecule has 1 unspecified atom stereocenters. The molecule has 0 saturated carbocycles. The molecule has 0 radical (unpaired) electrons. The monoisotopic (exact) mass is 266 g/mol. The quantitative estimate of drug-likeness (QED) is 0.446. The fourth-order valence-electron chi connectivity index (χ4n) is 1.67. The van der Waals surface area contributed by atoms with Crippen molar-refractivity contribution < 1.29 is 23.8 Å². The Kier molecular flexibility index (Phi) is 4.92. The van der Waals surface area contributed by atoms with Gasteiger partial charge in [-0.3, -0.25) is 4.79 Å². The minimum absolute atomic E-state index is 0.218. The molecule has 19 heavy (non-hydrogen) atoms. The molecule has 1 atom stereocenters. The van der Waals surface area contributed by atoms with Crippen molar-refractivity contribution in [3.05, 3.63) is 23.8 Å². The van der Waals surface area contributed by atoms with E-state index in [0.717, 1.165) is 0 Å². The maximum Gasteiger partial charge on any atom is 0.323 e. The van der Waals surface area contributed by atoms with Gasteiger partial charge in [0.25, 0.3) is 0 Å². The molecule has 5 nitrogen and oxygen atoms in total. The summed E-state index contributed by atoms with van der Waals surface area (Å²) in [7, 11) is 3.01. The van der Waals surface area contributed by atoms with Gasteiger partial charge < -0.3 is 19.0 Å². The lowest BCUT2D eigenvalue weighted by Gasteiger charge is -2.22. The van der Waals surface area contributed by atoms with Crippen LogP contribution in [0.3, 0.4) is 0 Å². The summed E-state index contributed by atoms with van der Waals surface area (Å²) in [6.45, 7) is 3.42. The van der Waals surface area contributed by atoms with Gasteiger partial charge in [0.15, 0.2) is 11.5 Å². The van der Waals surface area contributed by atoms with Crippen molar-refractivity contribution in [2.24, 2.45) is 0 Å². The zero-order valence-corrected chi connectivity index (χ0v) is 11.6. The number of benzene rings is 1. The molecular formula is C14H18O5. The van der Waals surface area contributed by atoms with Crippen LogP contribution < -0.4 is 9.47 Å². The van der Waals surface area contributed by atoms with E-state index in [9.17, 15) is 9.59 Å². The van der Waals surface area contributed by atoms with Crippen molar-refractivity contribution in [2.75, 3.05) is 20.8 Å². The molecule has 0 fully saturated rings. The van der Waals surface area contributed by atoms with Crippen molar-refractivity contribution in [1.29, 1.82) is 0 Å². The Balaban J connectivity index is 3.25. The molecule has 0 saturated heterocycles. The standard InChI is InChI=1S/C14H18O5/c1-5-19-13(16)14(2,9-15)10-6-7-11(17-3)12(8-10)18-4/h6-9H,5H2,1-4H3. The maximum absolute atomic E-state index is 11.9. The lowest BCUT2D eigenvalue weighted by Crippen LogP contribution is -2.36. The first-order valence-corrected chi connectivity index (χ1v) is 5.89. The van der Waals surface area contributed by atoms with Gasteiger partial charge in [-0.25, -0.2) is 0 Å². The Labute approximate surface area is 112 Å².